The van der Waals surface area contributed by atoms with Crippen LogP contribution in [0, 0.1) is 5.92 Å². The molecule has 0 radical (unpaired) electrons. The predicted molar refractivity (Wildman–Crippen MR) is 22.7 cm³/mol. The molecule has 0 unspecified atom stereocenters. The second-order valence-corrected chi connectivity index (χ2v) is 3.08. The van der Waals surface area contributed by atoms with Crippen LogP contribution in [0.5, 0.6) is 0 Å². The highest BCUT2D eigenvalue weighted by Crippen LogP contribution is 1.81. The van der Waals surface area contributed by atoms with Crippen molar-refractivity contribution >= 4 is 0 Å². The molecule has 0 rings (SSSR count). The first-order valence-electron chi connectivity index (χ1n) is 2.21. The van der Waals surface area contributed by atoms with Crippen LogP contribution in [0.25, 0.3) is 0 Å². The molecule has 0 spiro atoms. The van der Waals surface area contributed by atoms with Gasteiger partial charge in [-0.3, -0.25) is 0 Å². The fourth-order valence-electron chi connectivity index (χ4n) is 0. The van der Waals surface area contributed by atoms with Crippen LogP contribution in [0.3, 0.4) is 0 Å². The first-order chi connectivity index (χ1) is 3.46. The smallest absolute Gasteiger partial charge is 0.396 e. The van der Waals surface area contributed by atoms with E-state index in [0.717, 1.165) is 5.92 Å². The van der Waals surface area contributed by atoms with E-state index in [1.165, 1.54) is 0 Å². The van der Waals surface area contributed by atoms with Gasteiger partial charge in [-0.15, -0.1) is 0 Å². The second-order valence-electron chi connectivity index (χ2n) is 1.93. The standard InChI is InChI=1S/C4H10.HIO3/c1-4(2)3;2-1(3)4/h4H,1-3H3;2H. The Bertz CT molecular complexity index is 26.8. The van der Waals surface area contributed by atoms with Crippen LogP contribution in [0.15, 0.2) is 0 Å². The van der Waals surface area contributed by atoms with Crippen molar-refractivity contribution in [3.05, 3.63) is 0 Å². The maximum Gasteiger partial charge on any atom is 0.503 e. The normalized spacial score (nSPS) is 9.00. The molecule has 52 valence electrons. The summed E-state index contributed by atoms with van der Waals surface area (Å²) in [5.41, 5.74) is 0. The van der Waals surface area contributed by atoms with Gasteiger partial charge in [0.1, 0.15) is 0 Å². The molecular formula is C4H11IO3. The van der Waals surface area contributed by atoms with E-state index in [0.29, 0.717) is 0 Å². The van der Waals surface area contributed by atoms with Gasteiger partial charge in [-0.05, 0) is 9.35 Å². The van der Waals surface area contributed by atoms with Crippen molar-refractivity contribution in [2.75, 3.05) is 0 Å². The molecule has 0 aromatic carbocycles. The van der Waals surface area contributed by atoms with Gasteiger partial charge < -0.3 is 6.87 Å². The van der Waals surface area contributed by atoms with Gasteiger partial charge in [0.2, 0.25) is 0 Å². The fraction of sp³-hybridized carbons (Fsp3) is 1.00. The molecular weight excluding hydrogens is 223 g/mol. The molecule has 0 heterocycles. The Balaban J connectivity index is 0. The highest BCUT2D eigenvalue weighted by atomic mass is 127. The number of hydrogen-bond acceptors (Lipinski definition) is 3. The van der Waals surface area contributed by atoms with Crippen molar-refractivity contribution in [1.29, 1.82) is 0 Å². The fourth-order valence-corrected chi connectivity index (χ4v) is 0. The summed E-state index contributed by atoms with van der Waals surface area (Å²) in [6.45, 7) is 6.50. The molecule has 0 aliphatic carbocycles. The highest BCUT2D eigenvalue weighted by Gasteiger charge is 1.89. The van der Waals surface area contributed by atoms with E-state index in [1.54, 1.807) is 0 Å². The molecule has 1 N–H and O–H groups in total. The molecule has 8 heavy (non-hydrogen) atoms. The topological polar surface area (TPSA) is 66.3 Å². The van der Waals surface area contributed by atoms with Gasteiger partial charge in [0.05, 0.1) is 0 Å². The summed E-state index contributed by atoms with van der Waals surface area (Å²) in [6.07, 6.45) is 0. The highest BCUT2D eigenvalue weighted by molar-refractivity contribution is 4.20. The zero-order chi connectivity index (χ0) is 7.15. The van der Waals surface area contributed by atoms with Gasteiger partial charge in [0.15, 0.2) is 0 Å². The molecule has 0 atom stereocenters. The second kappa shape index (κ2) is 7.61. The summed E-state index contributed by atoms with van der Waals surface area (Å²) in [7, 11) is 0. The molecule has 4 heteroatoms. The minimum atomic E-state index is -3.76. The molecule has 0 fully saturated rings. The zero-order valence-electron chi connectivity index (χ0n) is 5.22. The molecule has 0 aliphatic heterocycles. The molecule has 0 aliphatic rings. The summed E-state index contributed by atoms with van der Waals surface area (Å²) in [5, 5.41) is 0. The number of rotatable bonds is 0. The van der Waals surface area contributed by atoms with Crippen LogP contribution >= 0.6 is 0 Å². The average Bonchev–Trinajstić information content (AvgIpc) is 1.25. The van der Waals surface area contributed by atoms with Crippen molar-refractivity contribution in [2.45, 2.75) is 20.8 Å². The molecule has 0 aromatic rings. The minimum Gasteiger partial charge on any atom is -0.396 e. The van der Waals surface area contributed by atoms with Gasteiger partial charge in [-0.1, -0.05) is 20.8 Å². The Labute approximate surface area is 58.4 Å². The SMILES string of the molecule is CC(C)C.[O-][I+2]([O-])O. The van der Waals surface area contributed by atoms with E-state index in [9.17, 15) is 0 Å². The van der Waals surface area contributed by atoms with Crippen molar-refractivity contribution in [3.8, 4) is 0 Å². The zero-order valence-corrected chi connectivity index (χ0v) is 7.38. The molecule has 0 saturated carbocycles. The monoisotopic (exact) mass is 234 g/mol. The molecule has 0 aromatic heterocycles. The lowest BCUT2D eigenvalue weighted by Gasteiger charge is -1.79. The van der Waals surface area contributed by atoms with Crippen LogP contribution < -0.4 is 27.9 Å². The summed E-state index contributed by atoms with van der Waals surface area (Å²) in [6, 6.07) is 0. The van der Waals surface area contributed by atoms with E-state index in [1.807, 2.05) is 0 Å². The summed E-state index contributed by atoms with van der Waals surface area (Å²) < 4.78 is 24.5. The number of hydrogen-bond donors (Lipinski definition) is 1. The third-order valence-corrected chi connectivity index (χ3v) is 0. The van der Waals surface area contributed by atoms with Gasteiger partial charge in [0.25, 0.3) is 0 Å². The average molecular weight is 234 g/mol. The lowest BCUT2D eigenvalue weighted by atomic mass is 10.3. The Morgan fingerprint density at radius 1 is 1.25 bits per heavy atom. The summed E-state index contributed by atoms with van der Waals surface area (Å²) in [4.78, 5) is 0. The van der Waals surface area contributed by atoms with E-state index < -0.39 is 21.1 Å². The molecule has 3 nitrogen and oxygen atoms in total. The first-order valence-corrected chi connectivity index (χ1v) is 4.94. The van der Waals surface area contributed by atoms with Crippen LogP contribution in [0.2, 0.25) is 0 Å². The van der Waals surface area contributed by atoms with Gasteiger partial charge in [-0.2, -0.15) is 0 Å². The predicted octanol–water partition coefficient (Wildman–Crippen LogP) is -4.27. The number of halogens is 1. The van der Waals surface area contributed by atoms with Crippen molar-refractivity contribution < 1.29 is 31.4 Å². The van der Waals surface area contributed by atoms with Crippen LogP contribution in [-0.4, -0.2) is 3.44 Å². The van der Waals surface area contributed by atoms with Crippen molar-refractivity contribution in [2.24, 2.45) is 5.92 Å². The van der Waals surface area contributed by atoms with E-state index in [2.05, 4.69) is 20.8 Å². The van der Waals surface area contributed by atoms with E-state index in [4.69, 9.17) is 10.3 Å². The molecule has 0 bridgehead atoms. The summed E-state index contributed by atoms with van der Waals surface area (Å²) >= 11 is -3.76. The van der Waals surface area contributed by atoms with E-state index >= 15 is 0 Å². The summed E-state index contributed by atoms with van der Waals surface area (Å²) in [5.74, 6) is 0.833. The molecule has 0 saturated heterocycles. The maximum absolute atomic E-state index is 8.68. The third-order valence-electron chi connectivity index (χ3n) is 0. The quantitative estimate of drug-likeness (QED) is 0.431. The first kappa shape index (κ1) is 11.4. The van der Waals surface area contributed by atoms with Crippen molar-refractivity contribution in [1.82, 2.24) is 0 Å². The lowest BCUT2D eigenvalue weighted by Crippen LogP contribution is -3.98. The molecule has 0 amide bonds. The van der Waals surface area contributed by atoms with Crippen LogP contribution in [0.1, 0.15) is 20.8 Å². The van der Waals surface area contributed by atoms with Gasteiger partial charge >= 0.3 is 21.1 Å². The van der Waals surface area contributed by atoms with E-state index in [-0.39, 0.29) is 0 Å². The lowest BCUT2D eigenvalue weighted by molar-refractivity contribution is -1.63. The Morgan fingerprint density at radius 3 is 1.25 bits per heavy atom. The van der Waals surface area contributed by atoms with Crippen molar-refractivity contribution in [3.63, 3.8) is 0 Å². The largest absolute Gasteiger partial charge is 0.503 e. The van der Waals surface area contributed by atoms with Gasteiger partial charge in [-0.25, -0.2) is 0 Å². The minimum absolute atomic E-state index is 0.833. The Hall–Kier alpha value is 0.610. The van der Waals surface area contributed by atoms with Crippen LogP contribution in [0.4, 0.5) is 0 Å². The Kier molecular flexibility index (Phi) is 10.9. The Morgan fingerprint density at radius 2 is 1.25 bits per heavy atom. The van der Waals surface area contributed by atoms with Gasteiger partial charge in [0, 0.05) is 0 Å². The maximum atomic E-state index is 8.68. The third kappa shape index (κ3) is 559. The van der Waals surface area contributed by atoms with Crippen LogP contribution in [-0.2, 0) is 0 Å².